The summed E-state index contributed by atoms with van der Waals surface area (Å²) in [5.74, 6) is -0.200. The number of esters is 1. The number of benzene rings is 1. The summed E-state index contributed by atoms with van der Waals surface area (Å²) in [4.78, 5) is 23.7. The lowest BCUT2D eigenvalue weighted by molar-refractivity contribution is -0.118. The first-order valence-electron chi connectivity index (χ1n) is 7.03. The fourth-order valence-corrected chi connectivity index (χ4v) is 1.90. The molecular weight excluding hydrogens is 282 g/mol. The quantitative estimate of drug-likeness (QED) is 0.672. The molecule has 1 amide bonds. The molecule has 2 rings (SSSR count). The van der Waals surface area contributed by atoms with E-state index in [1.165, 1.54) is 0 Å². The number of anilines is 1. The third-order valence-electron chi connectivity index (χ3n) is 3.19. The molecule has 1 aromatic carbocycles. The number of ether oxygens (including phenoxy) is 1. The minimum absolute atomic E-state index is 0.0607. The largest absolute Gasteiger partial charge is 0.423 e. The first-order chi connectivity index (χ1) is 10.4. The highest BCUT2D eigenvalue weighted by Gasteiger charge is 2.17. The highest BCUT2D eigenvalue weighted by atomic mass is 16.5. The van der Waals surface area contributed by atoms with Crippen LogP contribution in [0.4, 0.5) is 5.69 Å². The number of hydrogen-bond donors (Lipinski definition) is 2. The molecule has 6 nitrogen and oxygen atoms in total. The monoisotopic (exact) mass is 301 g/mol. The Morgan fingerprint density at radius 3 is 2.32 bits per heavy atom. The fraction of sp³-hybridized carbons (Fsp3) is 0.312. The van der Waals surface area contributed by atoms with Crippen LogP contribution >= 0.6 is 0 Å². The van der Waals surface area contributed by atoms with Crippen LogP contribution in [-0.4, -0.2) is 22.1 Å². The third kappa shape index (κ3) is 3.52. The number of rotatable bonds is 4. The molecule has 0 atom stereocenters. The minimum atomic E-state index is -0.456. The zero-order valence-electron chi connectivity index (χ0n) is 13.1. The van der Waals surface area contributed by atoms with E-state index in [9.17, 15) is 9.59 Å². The second kappa shape index (κ2) is 6.43. The van der Waals surface area contributed by atoms with E-state index in [0.29, 0.717) is 28.4 Å². The highest BCUT2D eigenvalue weighted by Crippen LogP contribution is 2.19. The second-order valence-electron chi connectivity index (χ2n) is 5.37. The van der Waals surface area contributed by atoms with Crippen LogP contribution in [0.15, 0.2) is 24.3 Å². The molecule has 0 saturated heterocycles. The lowest BCUT2D eigenvalue weighted by Gasteiger charge is -2.09. The van der Waals surface area contributed by atoms with Crippen molar-refractivity contribution in [2.24, 2.45) is 5.92 Å². The van der Waals surface area contributed by atoms with Crippen LogP contribution in [0.1, 0.15) is 35.6 Å². The topological polar surface area (TPSA) is 84.1 Å². The number of nitrogens with zero attached hydrogens (tertiary/aromatic N) is 1. The van der Waals surface area contributed by atoms with Crippen molar-refractivity contribution in [1.82, 2.24) is 10.2 Å². The number of carbonyl (C=O) groups is 2. The molecule has 6 heteroatoms. The van der Waals surface area contributed by atoms with Crippen LogP contribution < -0.4 is 10.1 Å². The zero-order valence-corrected chi connectivity index (χ0v) is 13.1. The molecule has 0 saturated carbocycles. The SMILES string of the molecule is Cc1n[nH]c(C)c1C(=O)Oc1ccc(NC(=O)C(C)C)cc1. The van der Waals surface area contributed by atoms with E-state index in [-0.39, 0.29) is 11.8 Å². The first kappa shape index (κ1) is 15.8. The van der Waals surface area contributed by atoms with Crippen molar-refractivity contribution in [2.75, 3.05) is 5.32 Å². The minimum Gasteiger partial charge on any atom is -0.423 e. The van der Waals surface area contributed by atoms with E-state index in [4.69, 9.17) is 4.74 Å². The smallest absolute Gasteiger partial charge is 0.347 e. The van der Waals surface area contributed by atoms with Crippen molar-refractivity contribution >= 4 is 17.6 Å². The van der Waals surface area contributed by atoms with E-state index in [1.54, 1.807) is 38.1 Å². The number of nitrogens with one attached hydrogen (secondary N) is 2. The van der Waals surface area contributed by atoms with Crippen molar-refractivity contribution in [1.29, 1.82) is 0 Å². The van der Waals surface area contributed by atoms with Gasteiger partial charge in [-0.25, -0.2) is 4.79 Å². The lowest BCUT2D eigenvalue weighted by atomic mass is 10.2. The van der Waals surface area contributed by atoms with E-state index < -0.39 is 5.97 Å². The summed E-state index contributed by atoms with van der Waals surface area (Å²) in [7, 11) is 0. The summed E-state index contributed by atoms with van der Waals surface area (Å²) in [6.45, 7) is 7.15. The van der Waals surface area contributed by atoms with E-state index >= 15 is 0 Å². The van der Waals surface area contributed by atoms with Gasteiger partial charge in [0.15, 0.2) is 0 Å². The van der Waals surface area contributed by atoms with Crippen molar-refractivity contribution in [3.63, 3.8) is 0 Å². The predicted octanol–water partition coefficient (Wildman–Crippen LogP) is 2.84. The molecule has 2 aromatic rings. The lowest BCUT2D eigenvalue weighted by Crippen LogP contribution is -2.17. The molecule has 22 heavy (non-hydrogen) atoms. The summed E-state index contributed by atoms with van der Waals surface area (Å²) in [5.41, 5.74) is 2.37. The summed E-state index contributed by atoms with van der Waals surface area (Å²) >= 11 is 0. The number of carbonyl (C=O) groups excluding carboxylic acids is 2. The summed E-state index contributed by atoms with van der Waals surface area (Å²) < 4.78 is 5.32. The van der Waals surface area contributed by atoms with Crippen LogP contribution in [0.2, 0.25) is 0 Å². The number of H-pyrrole nitrogens is 1. The molecule has 2 N–H and O–H groups in total. The standard InChI is InChI=1S/C16H19N3O3/c1-9(2)15(20)17-12-5-7-13(8-6-12)22-16(21)14-10(3)18-19-11(14)4/h5-9H,1-4H3,(H,17,20)(H,18,19). The molecule has 0 bridgehead atoms. The molecule has 0 aliphatic carbocycles. The predicted molar refractivity (Wildman–Crippen MR) is 82.9 cm³/mol. The number of amides is 1. The Balaban J connectivity index is 2.05. The van der Waals surface area contributed by atoms with Gasteiger partial charge in [-0.1, -0.05) is 13.8 Å². The average Bonchev–Trinajstić information content (AvgIpc) is 2.80. The Bertz CT molecular complexity index is 668. The molecule has 0 aliphatic heterocycles. The average molecular weight is 301 g/mol. The molecule has 0 fully saturated rings. The number of aryl methyl sites for hydroxylation is 2. The van der Waals surface area contributed by atoms with Crippen molar-refractivity contribution in [3.05, 3.63) is 41.2 Å². The van der Waals surface area contributed by atoms with E-state index in [0.717, 1.165) is 0 Å². The molecule has 116 valence electrons. The highest BCUT2D eigenvalue weighted by molar-refractivity contribution is 5.94. The van der Waals surface area contributed by atoms with Crippen LogP contribution in [0.3, 0.4) is 0 Å². The molecule has 1 heterocycles. The van der Waals surface area contributed by atoms with Crippen molar-refractivity contribution in [2.45, 2.75) is 27.7 Å². The molecule has 0 radical (unpaired) electrons. The van der Waals surface area contributed by atoms with Crippen LogP contribution in [0.5, 0.6) is 5.75 Å². The summed E-state index contributed by atoms with van der Waals surface area (Å²) in [6.07, 6.45) is 0. The third-order valence-corrected chi connectivity index (χ3v) is 3.19. The van der Waals surface area contributed by atoms with Gasteiger partial charge in [-0.05, 0) is 38.1 Å². The Morgan fingerprint density at radius 2 is 1.82 bits per heavy atom. The van der Waals surface area contributed by atoms with Gasteiger partial charge >= 0.3 is 5.97 Å². The number of hydrogen-bond acceptors (Lipinski definition) is 4. The number of aromatic amines is 1. The van der Waals surface area contributed by atoms with E-state index in [2.05, 4.69) is 15.5 Å². The van der Waals surface area contributed by atoms with Crippen LogP contribution in [0.25, 0.3) is 0 Å². The zero-order chi connectivity index (χ0) is 16.3. The van der Waals surface area contributed by atoms with Gasteiger partial charge in [-0.2, -0.15) is 5.10 Å². The maximum atomic E-state index is 12.1. The second-order valence-corrected chi connectivity index (χ2v) is 5.37. The van der Waals surface area contributed by atoms with Gasteiger partial charge in [0.05, 0.1) is 5.69 Å². The van der Waals surface area contributed by atoms with Gasteiger partial charge in [0.25, 0.3) is 0 Å². The maximum absolute atomic E-state index is 12.1. The Hall–Kier alpha value is -2.63. The van der Waals surface area contributed by atoms with Crippen molar-refractivity contribution < 1.29 is 14.3 Å². The fourth-order valence-electron chi connectivity index (χ4n) is 1.90. The normalized spacial score (nSPS) is 10.6. The van der Waals surface area contributed by atoms with Crippen molar-refractivity contribution in [3.8, 4) is 5.75 Å². The molecule has 1 aromatic heterocycles. The number of aromatic nitrogens is 2. The Morgan fingerprint density at radius 1 is 1.18 bits per heavy atom. The van der Waals surface area contributed by atoms with E-state index in [1.807, 2.05) is 13.8 Å². The van der Waals surface area contributed by atoms with Crippen LogP contribution in [0, 0.1) is 19.8 Å². The van der Waals surface area contributed by atoms with Gasteiger partial charge < -0.3 is 10.1 Å². The Kier molecular flexibility index (Phi) is 4.60. The van der Waals surface area contributed by atoms with Gasteiger partial charge in [0.1, 0.15) is 11.3 Å². The molecule has 0 spiro atoms. The summed E-state index contributed by atoms with van der Waals surface area (Å²) in [5, 5.41) is 9.49. The van der Waals surface area contributed by atoms with Crippen LogP contribution in [-0.2, 0) is 4.79 Å². The molecule has 0 unspecified atom stereocenters. The van der Waals surface area contributed by atoms with Gasteiger partial charge in [0, 0.05) is 17.3 Å². The summed E-state index contributed by atoms with van der Waals surface area (Å²) in [6, 6.07) is 6.66. The van der Waals surface area contributed by atoms with Gasteiger partial charge in [-0.3, -0.25) is 9.89 Å². The van der Waals surface area contributed by atoms with Gasteiger partial charge in [-0.15, -0.1) is 0 Å². The first-order valence-corrected chi connectivity index (χ1v) is 7.03. The molecule has 0 aliphatic rings. The van der Waals surface area contributed by atoms with Gasteiger partial charge in [0.2, 0.25) is 5.91 Å². The molecular formula is C16H19N3O3. The maximum Gasteiger partial charge on any atom is 0.347 e. The Labute approximate surface area is 128 Å².